The van der Waals surface area contributed by atoms with E-state index in [1.165, 1.54) is 17.8 Å². The van der Waals surface area contributed by atoms with E-state index in [2.05, 4.69) is 10.2 Å². The van der Waals surface area contributed by atoms with Gasteiger partial charge >= 0.3 is 0 Å². The van der Waals surface area contributed by atoms with E-state index in [1.54, 1.807) is 0 Å². The molecule has 0 atom stereocenters. The maximum absolute atomic E-state index is 13.8. The second-order valence-electron chi connectivity index (χ2n) is 4.33. The average molecular weight is 279 g/mol. The molecule has 1 N–H and O–H groups in total. The highest BCUT2D eigenvalue weighted by molar-refractivity contribution is 5.78. The number of pyridine rings is 1. The van der Waals surface area contributed by atoms with Gasteiger partial charge < -0.3 is 4.57 Å². The molecule has 0 fully saturated rings. The number of hydrogen-bond acceptors (Lipinski definition) is 2. The van der Waals surface area contributed by atoms with Crippen LogP contribution in [0.3, 0.4) is 0 Å². The molecule has 0 spiro atoms. The number of nitrogens with zero attached hydrogens (tertiary/aromatic N) is 2. The molecule has 7 heteroatoms. The highest BCUT2D eigenvalue weighted by Gasteiger charge is 2.18. The molecule has 0 aliphatic carbocycles. The standard InChI is InChI=1S/C13H8F3N3O/c1-19-9(4-11(20)13-10(19)5-17-18-13)12-7(15)2-6(14)3-8(12)16/h2-5H,1H3,(H,17,18). The zero-order valence-electron chi connectivity index (χ0n) is 10.2. The minimum absolute atomic E-state index is 0.0129. The number of nitrogens with one attached hydrogen (secondary N) is 1. The maximum Gasteiger partial charge on any atom is 0.207 e. The summed E-state index contributed by atoms with van der Waals surface area (Å²) in [6, 6.07) is 2.23. The summed E-state index contributed by atoms with van der Waals surface area (Å²) in [5.74, 6) is -3.15. The van der Waals surface area contributed by atoms with Gasteiger partial charge in [-0.1, -0.05) is 0 Å². The molecule has 0 aliphatic heterocycles. The van der Waals surface area contributed by atoms with Crippen LogP contribution in [0.5, 0.6) is 0 Å². The normalized spacial score (nSPS) is 11.2. The Bertz CT molecular complexity index is 859. The molecule has 20 heavy (non-hydrogen) atoms. The minimum atomic E-state index is -1.07. The van der Waals surface area contributed by atoms with Gasteiger partial charge in [0.15, 0.2) is 0 Å². The molecule has 0 saturated carbocycles. The number of hydrogen-bond donors (Lipinski definition) is 1. The van der Waals surface area contributed by atoms with Gasteiger partial charge in [-0.25, -0.2) is 13.2 Å². The van der Waals surface area contributed by atoms with Crippen LogP contribution < -0.4 is 5.43 Å². The van der Waals surface area contributed by atoms with Gasteiger partial charge in [0.25, 0.3) is 0 Å². The Hall–Kier alpha value is -2.57. The van der Waals surface area contributed by atoms with Crippen molar-refractivity contribution in [3.05, 3.63) is 52.1 Å². The molecule has 0 saturated heterocycles. The Morgan fingerprint density at radius 2 is 1.80 bits per heavy atom. The van der Waals surface area contributed by atoms with Gasteiger partial charge in [0.2, 0.25) is 5.43 Å². The zero-order valence-corrected chi connectivity index (χ0v) is 10.2. The topological polar surface area (TPSA) is 50.7 Å². The molecule has 102 valence electrons. The fourth-order valence-electron chi connectivity index (χ4n) is 2.17. The third-order valence-corrected chi connectivity index (χ3v) is 3.12. The number of H-pyrrole nitrogens is 1. The summed E-state index contributed by atoms with van der Waals surface area (Å²) in [7, 11) is 1.54. The van der Waals surface area contributed by atoms with Gasteiger partial charge in [0.05, 0.1) is 23.0 Å². The first kappa shape index (κ1) is 12.5. The number of rotatable bonds is 1. The number of benzene rings is 1. The first-order chi connectivity index (χ1) is 9.49. The molecule has 0 unspecified atom stereocenters. The van der Waals surface area contributed by atoms with Crippen molar-refractivity contribution in [3.8, 4) is 11.3 Å². The molecular weight excluding hydrogens is 271 g/mol. The van der Waals surface area contributed by atoms with E-state index in [4.69, 9.17) is 0 Å². The van der Waals surface area contributed by atoms with E-state index < -0.39 is 28.4 Å². The molecule has 2 heterocycles. The van der Waals surface area contributed by atoms with Crippen LogP contribution in [0.25, 0.3) is 22.3 Å². The Morgan fingerprint density at radius 1 is 1.15 bits per heavy atom. The maximum atomic E-state index is 13.8. The predicted octanol–water partition coefficient (Wildman–Crippen LogP) is 2.35. The first-order valence-corrected chi connectivity index (χ1v) is 5.67. The Kier molecular flexibility index (Phi) is 2.63. The van der Waals surface area contributed by atoms with Gasteiger partial charge in [-0.15, -0.1) is 0 Å². The molecule has 3 rings (SSSR count). The highest BCUT2D eigenvalue weighted by atomic mass is 19.1. The van der Waals surface area contributed by atoms with Crippen molar-refractivity contribution in [3.63, 3.8) is 0 Å². The third kappa shape index (κ3) is 1.70. The van der Waals surface area contributed by atoms with Crippen molar-refractivity contribution >= 4 is 11.0 Å². The third-order valence-electron chi connectivity index (χ3n) is 3.12. The van der Waals surface area contributed by atoms with Gasteiger partial charge in [0.1, 0.15) is 23.0 Å². The van der Waals surface area contributed by atoms with Crippen LogP contribution in [-0.4, -0.2) is 14.8 Å². The van der Waals surface area contributed by atoms with Gasteiger partial charge in [-0.3, -0.25) is 9.89 Å². The van der Waals surface area contributed by atoms with Crippen LogP contribution in [0.4, 0.5) is 13.2 Å². The molecule has 0 amide bonds. The number of fused-ring (bicyclic) bond motifs is 1. The van der Waals surface area contributed by atoms with Gasteiger partial charge in [-0.05, 0) is 0 Å². The molecular formula is C13H8F3N3O. The summed E-state index contributed by atoms with van der Waals surface area (Å²) < 4.78 is 42.0. The summed E-state index contributed by atoms with van der Waals surface area (Å²) >= 11 is 0. The summed E-state index contributed by atoms with van der Waals surface area (Å²) in [6.45, 7) is 0. The Morgan fingerprint density at radius 3 is 2.45 bits per heavy atom. The predicted molar refractivity (Wildman–Crippen MR) is 66.6 cm³/mol. The highest BCUT2D eigenvalue weighted by Crippen LogP contribution is 2.27. The summed E-state index contributed by atoms with van der Waals surface area (Å²) in [4.78, 5) is 11.9. The first-order valence-electron chi connectivity index (χ1n) is 5.67. The lowest BCUT2D eigenvalue weighted by Crippen LogP contribution is -2.10. The summed E-state index contributed by atoms with van der Waals surface area (Å²) in [5.41, 5.74) is -0.253. The summed E-state index contributed by atoms with van der Waals surface area (Å²) in [6.07, 6.45) is 1.37. The molecule has 0 bridgehead atoms. The Balaban J connectivity index is 2.41. The monoisotopic (exact) mass is 279 g/mol. The Labute approximate surface area is 110 Å². The molecule has 1 aromatic carbocycles. The lowest BCUT2D eigenvalue weighted by Gasteiger charge is -2.11. The van der Waals surface area contributed by atoms with Crippen molar-refractivity contribution in [1.29, 1.82) is 0 Å². The number of halogens is 3. The number of aryl methyl sites for hydroxylation is 1. The largest absolute Gasteiger partial charge is 0.341 e. The van der Waals surface area contributed by atoms with E-state index in [-0.39, 0.29) is 11.2 Å². The molecule has 2 aromatic heterocycles. The van der Waals surface area contributed by atoms with Crippen molar-refractivity contribution in [2.75, 3.05) is 0 Å². The van der Waals surface area contributed by atoms with Gasteiger partial charge in [0, 0.05) is 25.2 Å². The van der Waals surface area contributed by atoms with Crippen molar-refractivity contribution < 1.29 is 13.2 Å². The van der Waals surface area contributed by atoms with Crippen molar-refractivity contribution in [1.82, 2.24) is 14.8 Å². The molecule has 3 aromatic rings. The second kappa shape index (κ2) is 4.22. The lowest BCUT2D eigenvalue weighted by molar-refractivity contribution is 0.546. The SMILES string of the molecule is Cn1c(-c2c(F)cc(F)cc2F)cc(=O)c2[nH]ncc21. The summed E-state index contributed by atoms with van der Waals surface area (Å²) in [5, 5.41) is 6.24. The van der Waals surface area contributed by atoms with Crippen LogP contribution in [-0.2, 0) is 7.05 Å². The van der Waals surface area contributed by atoms with E-state index in [0.29, 0.717) is 17.6 Å². The van der Waals surface area contributed by atoms with Gasteiger partial charge in [-0.2, -0.15) is 5.10 Å². The smallest absolute Gasteiger partial charge is 0.207 e. The van der Waals surface area contributed by atoms with Crippen molar-refractivity contribution in [2.45, 2.75) is 0 Å². The second-order valence-corrected chi connectivity index (χ2v) is 4.33. The fourth-order valence-corrected chi connectivity index (χ4v) is 2.17. The van der Waals surface area contributed by atoms with Crippen LogP contribution in [0.15, 0.2) is 29.2 Å². The molecule has 0 radical (unpaired) electrons. The fraction of sp³-hybridized carbons (Fsp3) is 0.0769. The molecule has 0 aliphatic rings. The van der Waals surface area contributed by atoms with E-state index >= 15 is 0 Å². The van der Waals surface area contributed by atoms with Crippen LogP contribution >= 0.6 is 0 Å². The van der Waals surface area contributed by atoms with Crippen LogP contribution in [0.1, 0.15) is 0 Å². The van der Waals surface area contributed by atoms with E-state index in [0.717, 1.165) is 6.07 Å². The van der Waals surface area contributed by atoms with Crippen LogP contribution in [0.2, 0.25) is 0 Å². The van der Waals surface area contributed by atoms with E-state index in [9.17, 15) is 18.0 Å². The number of aromatic nitrogens is 3. The quantitative estimate of drug-likeness (QED) is 0.743. The van der Waals surface area contributed by atoms with Crippen molar-refractivity contribution in [2.24, 2.45) is 7.05 Å². The average Bonchev–Trinajstić information content (AvgIpc) is 2.83. The van der Waals surface area contributed by atoms with E-state index in [1.807, 2.05) is 0 Å². The minimum Gasteiger partial charge on any atom is -0.341 e. The zero-order chi connectivity index (χ0) is 14.4. The molecule has 4 nitrogen and oxygen atoms in total. The van der Waals surface area contributed by atoms with Crippen LogP contribution in [0, 0.1) is 17.5 Å². The lowest BCUT2D eigenvalue weighted by atomic mass is 10.1. The number of aromatic amines is 1.